The zero-order valence-corrected chi connectivity index (χ0v) is 21.7. The molecule has 6 nitrogen and oxygen atoms in total. The number of thiophene rings is 1. The van der Waals surface area contributed by atoms with Gasteiger partial charge in [-0.05, 0) is 56.3 Å². The summed E-state index contributed by atoms with van der Waals surface area (Å²) in [7, 11) is 0. The van der Waals surface area contributed by atoms with Crippen molar-refractivity contribution >= 4 is 43.4 Å². The molecule has 0 saturated carbocycles. The molecule has 176 valence electrons. The highest BCUT2D eigenvalue weighted by atomic mass is 79.9. The number of hydrogen-bond acceptors (Lipinski definition) is 5. The van der Waals surface area contributed by atoms with Gasteiger partial charge in [-0.15, -0.1) is 11.3 Å². The zero-order chi connectivity index (χ0) is 23.7. The van der Waals surface area contributed by atoms with Gasteiger partial charge in [0.05, 0.1) is 16.3 Å². The van der Waals surface area contributed by atoms with E-state index in [0.717, 1.165) is 69.4 Å². The van der Waals surface area contributed by atoms with Crippen molar-refractivity contribution in [2.45, 2.75) is 13.8 Å². The second kappa shape index (κ2) is 9.90. The van der Waals surface area contributed by atoms with Crippen LogP contribution in [0.5, 0.6) is 5.75 Å². The number of fused-ring (bicyclic) bond motifs is 1. The van der Waals surface area contributed by atoms with Gasteiger partial charge in [-0.25, -0.2) is 4.68 Å². The van der Waals surface area contributed by atoms with Gasteiger partial charge in [0.25, 0.3) is 5.91 Å². The SMILES string of the molecule is Cc1ccc(OCCN2CCN(C(=O)c3cc4c(C)nn(-c5ccc(Br)cc5)c4s3)CC2)cc1. The number of benzene rings is 2. The van der Waals surface area contributed by atoms with Gasteiger partial charge in [0.15, 0.2) is 0 Å². The molecule has 1 saturated heterocycles. The van der Waals surface area contributed by atoms with Gasteiger partial charge >= 0.3 is 0 Å². The van der Waals surface area contributed by atoms with Crippen LogP contribution in [-0.2, 0) is 0 Å². The second-order valence-corrected chi connectivity index (χ2v) is 10.5. The number of carbonyl (C=O) groups is 1. The van der Waals surface area contributed by atoms with Crippen LogP contribution in [0.15, 0.2) is 59.1 Å². The molecule has 1 amide bonds. The molecule has 0 aliphatic carbocycles. The number of hydrogen-bond donors (Lipinski definition) is 0. The van der Waals surface area contributed by atoms with Crippen LogP contribution in [-0.4, -0.2) is 64.8 Å². The highest BCUT2D eigenvalue weighted by Gasteiger charge is 2.25. The molecule has 1 aliphatic heterocycles. The van der Waals surface area contributed by atoms with E-state index in [1.165, 1.54) is 16.9 Å². The van der Waals surface area contributed by atoms with E-state index in [1.54, 1.807) is 0 Å². The molecule has 0 unspecified atom stereocenters. The number of halogens is 1. The van der Waals surface area contributed by atoms with Gasteiger partial charge in [-0.2, -0.15) is 5.10 Å². The van der Waals surface area contributed by atoms with Crippen molar-refractivity contribution in [1.29, 1.82) is 0 Å². The van der Waals surface area contributed by atoms with E-state index in [2.05, 4.69) is 39.9 Å². The maximum absolute atomic E-state index is 13.3. The first-order valence-corrected chi connectivity index (χ1v) is 13.0. The topological polar surface area (TPSA) is 50.6 Å². The molecular weight excluding hydrogens is 512 g/mol. The minimum absolute atomic E-state index is 0.110. The Balaban J connectivity index is 1.20. The third-order valence-corrected chi connectivity index (χ3v) is 7.81. The predicted molar refractivity (Wildman–Crippen MR) is 140 cm³/mol. The van der Waals surface area contributed by atoms with Crippen LogP contribution < -0.4 is 4.74 Å². The van der Waals surface area contributed by atoms with Crippen LogP contribution >= 0.6 is 27.3 Å². The molecule has 1 fully saturated rings. The normalized spacial score (nSPS) is 14.6. The third-order valence-electron chi connectivity index (χ3n) is 6.18. The van der Waals surface area contributed by atoms with Crippen molar-refractivity contribution in [3.05, 3.63) is 75.2 Å². The first-order chi connectivity index (χ1) is 16.5. The number of rotatable bonds is 6. The maximum Gasteiger partial charge on any atom is 0.264 e. The molecule has 2 aromatic heterocycles. The molecule has 2 aromatic carbocycles. The van der Waals surface area contributed by atoms with E-state index in [-0.39, 0.29) is 5.91 Å². The van der Waals surface area contributed by atoms with Crippen molar-refractivity contribution in [2.24, 2.45) is 0 Å². The molecule has 0 atom stereocenters. The monoisotopic (exact) mass is 538 g/mol. The number of aryl methyl sites for hydroxylation is 2. The van der Waals surface area contributed by atoms with Crippen LogP contribution in [0.25, 0.3) is 15.9 Å². The number of piperazine rings is 1. The molecule has 0 bridgehead atoms. The van der Waals surface area contributed by atoms with Gasteiger partial charge in [0, 0.05) is 42.6 Å². The van der Waals surface area contributed by atoms with E-state index in [9.17, 15) is 4.79 Å². The molecule has 0 radical (unpaired) electrons. The molecule has 8 heteroatoms. The fourth-order valence-electron chi connectivity index (χ4n) is 4.17. The quantitative estimate of drug-likeness (QED) is 0.334. The van der Waals surface area contributed by atoms with Crippen LogP contribution in [0, 0.1) is 13.8 Å². The largest absolute Gasteiger partial charge is 0.492 e. The van der Waals surface area contributed by atoms with Gasteiger partial charge in [-0.1, -0.05) is 33.6 Å². The maximum atomic E-state index is 13.3. The van der Waals surface area contributed by atoms with Crippen LogP contribution in [0.3, 0.4) is 0 Å². The van der Waals surface area contributed by atoms with E-state index in [0.29, 0.717) is 6.61 Å². The minimum atomic E-state index is 0.110. The fourth-order valence-corrected chi connectivity index (χ4v) is 5.58. The Hall–Kier alpha value is -2.68. The fraction of sp³-hybridized carbons (Fsp3) is 0.308. The summed E-state index contributed by atoms with van der Waals surface area (Å²) in [6.07, 6.45) is 0. The molecule has 0 N–H and O–H groups in total. The molecule has 0 spiro atoms. The summed E-state index contributed by atoms with van der Waals surface area (Å²) in [4.78, 5) is 19.4. The molecule has 34 heavy (non-hydrogen) atoms. The highest BCUT2D eigenvalue weighted by molar-refractivity contribution is 9.10. The van der Waals surface area contributed by atoms with Crippen molar-refractivity contribution in [2.75, 3.05) is 39.3 Å². The van der Waals surface area contributed by atoms with Crippen molar-refractivity contribution < 1.29 is 9.53 Å². The molecular formula is C26H27BrN4O2S. The summed E-state index contributed by atoms with van der Waals surface area (Å²) in [5.41, 5.74) is 3.16. The zero-order valence-electron chi connectivity index (χ0n) is 19.3. The Morgan fingerprint density at radius 1 is 1.03 bits per heavy atom. The number of amides is 1. The number of nitrogens with zero attached hydrogens (tertiary/aromatic N) is 4. The lowest BCUT2D eigenvalue weighted by Crippen LogP contribution is -2.49. The van der Waals surface area contributed by atoms with Crippen molar-refractivity contribution in [3.63, 3.8) is 0 Å². The standard InChI is InChI=1S/C26H27BrN4O2S/c1-18-3-9-22(10-4-18)33-16-15-29-11-13-30(14-12-29)25(32)24-17-23-19(2)28-31(26(23)34-24)21-7-5-20(27)6-8-21/h3-10,17H,11-16H2,1-2H3. The van der Waals surface area contributed by atoms with E-state index >= 15 is 0 Å². The van der Waals surface area contributed by atoms with Crippen molar-refractivity contribution in [1.82, 2.24) is 19.6 Å². The first kappa shape index (κ1) is 23.1. The van der Waals surface area contributed by atoms with E-state index in [4.69, 9.17) is 9.84 Å². The summed E-state index contributed by atoms with van der Waals surface area (Å²) < 4.78 is 8.83. The van der Waals surface area contributed by atoms with Gasteiger partial charge < -0.3 is 9.64 Å². The average Bonchev–Trinajstić information content (AvgIpc) is 3.42. The van der Waals surface area contributed by atoms with Gasteiger partial charge in [0.2, 0.25) is 0 Å². The Bertz CT molecular complexity index is 1290. The number of carbonyl (C=O) groups excluding carboxylic acids is 1. The predicted octanol–water partition coefficient (Wildman–Crippen LogP) is 5.30. The smallest absolute Gasteiger partial charge is 0.264 e. The third kappa shape index (κ3) is 4.89. The second-order valence-electron chi connectivity index (χ2n) is 8.60. The number of aromatic nitrogens is 2. The molecule has 3 heterocycles. The summed E-state index contributed by atoms with van der Waals surface area (Å²) in [6.45, 7) is 8.77. The van der Waals surface area contributed by atoms with Crippen LogP contribution in [0.1, 0.15) is 20.9 Å². The Labute approximate surface area is 211 Å². The molecule has 4 aromatic rings. The van der Waals surface area contributed by atoms with Crippen molar-refractivity contribution in [3.8, 4) is 11.4 Å². The summed E-state index contributed by atoms with van der Waals surface area (Å²) in [6, 6.07) is 18.2. The summed E-state index contributed by atoms with van der Waals surface area (Å²) in [5, 5.41) is 5.74. The lowest BCUT2D eigenvalue weighted by atomic mass is 10.2. The summed E-state index contributed by atoms with van der Waals surface area (Å²) >= 11 is 5.01. The van der Waals surface area contributed by atoms with Crippen LogP contribution in [0.4, 0.5) is 0 Å². The Morgan fingerprint density at radius 2 is 1.74 bits per heavy atom. The molecule has 5 rings (SSSR count). The summed E-state index contributed by atoms with van der Waals surface area (Å²) in [5.74, 6) is 1.01. The average molecular weight is 539 g/mol. The number of ether oxygens (including phenoxy) is 1. The van der Waals surface area contributed by atoms with Gasteiger partial charge in [0.1, 0.15) is 17.2 Å². The lowest BCUT2D eigenvalue weighted by Gasteiger charge is -2.34. The van der Waals surface area contributed by atoms with Gasteiger partial charge in [-0.3, -0.25) is 9.69 Å². The van der Waals surface area contributed by atoms with Crippen LogP contribution in [0.2, 0.25) is 0 Å². The first-order valence-electron chi connectivity index (χ1n) is 11.4. The van der Waals surface area contributed by atoms with E-state index < -0.39 is 0 Å². The minimum Gasteiger partial charge on any atom is -0.492 e. The molecule has 1 aliphatic rings. The highest BCUT2D eigenvalue weighted by Crippen LogP contribution is 2.31. The van der Waals surface area contributed by atoms with E-state index in [1.807, 2.05) is 59.0 Å². The lowest BCUT2D eigenvalue weighted by molar-refractivity contribution is 0.0625. The Kier molecular flexibility index (Phi) is 6.72. The Morgan fingerprint density at radius 3 is 2.44 bits per heavy atom.